The molecule has 2 N–H and O–H groups in total. The van der Waals surface area contributed by atoms with Crippen molar-refractivity contribution in [2.45, 2.75) is 39.0 Å². The molecule has 1 aliphatic carbocycles. The molecular weight excluding hydrogens is 302 g/mol. The number of aryl methyl sites for hydroxylation is 2. The van der Waals surface area contributed by atoms with E-state index in [9.17, 15) is 0 Å². The van der Waals surface area contributed by atoms with Gasteiger partial charge in [-0.15, -0.1) is 0 Å². The summed E-state index contributed by atoms with van der Waals surface area (Å²) < 4.78 is 2.97. The Hall–Kier alpha value is -1.29. The van der Waals surface area contributed by atoms with Crippen molar-refractivity contribution in [2.75, 3.05) is 5.73 Å². The third kappa shape index (κ3) is 1.89. The number of anilines is 1. The van der Waals surface area contributed by atoms with E-state index in [2.05, 4.69) is 48.8 Å². The molecule has 0 radical (unpaired) electrons. The van der Waals surface area contributed by atoms with Gasteiger partial charge in [-0.25, -0.2) is 4.68 Å². The summed E-state index contributed by atoms with van der Waals surface area (Å²) in [5.41, 5.74) is 11.1. The van der Waals surface area contributed by atoms with Gasteiger partial charge in [0.25, 0.3) is 0 Å². The number of nitrogens with two attached hydrogens (primary N) is 1. The molecule has 0 saturated carbocycles. The summed E-state index contributed by atoms with van der Waals surface area (Å²) in [6, 6.07) is 6.18. The second-order valence-electron chi connectivity index (χ2n) is 5.93. The molecule has 0 amide bonds. The number of halogens is 1. The number of hydrogen-bond acceptors (Lipinski definition) is 2. The van der Waals surface area contributed by atoms with Crippen molar-refractivity contribution in [2.24, 2.45) is 0 Å². The summed E-state index contributed by atoms with van der Waals surface area (Å²) in [5, 5.41) is 4.72. The van der Waals surface area contributed by atoms with Crippen LogP contribution in [0.2, 0.25) is 0 Å². The molecule has 3 rings (SSSR count). The van der Waals surface area contributed by atoms with Crippen LogP contribution in [0.5, 0.6) is 0 Å². The van der Waals surface area contributed by atoms with Crippen LogP contribution >= 0.6 is 15.9 Å². The predicted molar refractivity (Wildman–Crippen MR) is 81.8 cm³/mol. The number of benzene rings is 1. The molecule has 0 bridgehead atoms. The van der Waals surface area contributed by atoms with Gasteiger partial charge in [0.1, 0.15) is 5.82 Å². The predicted octanol–water partition coefficient (Wildman–Crippen LogP) is 3.75. The number of fused-ring (bicyclic) bond motifs is 1. The fourth-order valence-corrected chi connectivity index (χ4v) is 3.46. The standard InChI is InChI=1S/C15H18BrN3/c1-9-8-10(16)4-5-12(9)19-14(17)13-11(18-19)6-7-15(13,2)3/h4-5,8H,6-7,17H2,1-3H3. The Bertz CT molecular complexity index is 656. The number of aromatic nitrogens is 2. The zero-order chi connectivity index (χ0) is 13.8. The minimum Gasteiger partial charge on any atom is -0.383 e. The van der Waals surface area contributed by atoms with Crippen LogP contribution in [0, 0.1) is 6.92 Å². The van der Waals surface area contributed by atoms with Crippen molar-refractivity contribution in [3.05, 3.63) is 39.5 Å². The molecule has 19 heavy (non-hydrogen) atoms. The largest absolute Gasteiger partial charge is 0.383 e. The van der Waals surface area contributed by atoms with E-state index in [0.29, 0.717) is 0 Å². The van der Waals surface area contributed by atoms with E-state index < -0.39 is 0 Å². The highest BCUT2D eigenvalue weighted by Gasteiger charge is 2.36. The number of rotatable bonds is 1. The summed E-state index contributed by atoms with van der Waals surface area (Å²) >= 11 is 3.49. The highest BCUT2D eigenvalue weighted by molar-refractivity contribution is 9.10. The van der Waals surface area contributed by atoms with Gasteiger partial charge in [0.05, 0.1) is 11.4 Å². The van der Waals surface area contributed by atoms with E-state index in [-0.39, 0.29) is 5.41 Å². The molecule has 1 aromatic carbocycles. The average molecular weight is 320 g/mol. The molecule has 1 aromatic heterocycles. The normalized spacial score (nSPS) is 16.6. The van der Waals surface area contributed by atoms with Crippen molar-refractivity contribution < 1.29 is 0 Å². The Kier molecular flexibility index (Phi) is 2.75. The van der Waals surface area contributed by atoms with Crippen LogP contribution in [0.25, 0.3) is 5.69 Å². The molecule has 100 valence electrons. The zero-order valence-corrected chi connectivity index (χ0v) is 13.1. The van der Waals surface area contributed by atoms with Gasteiger partial charge in [-0.3, -0.25) is 0 Å². The molecule has 0 spiro atoms. The lowest BCUT2D eigenvalue weighted by atomic mass is 9.87. The summed E-state index contributed by atoms with van der Waals surface area (Å²) in [6.07, 6.45) is 2.16. The first-order valence-corrected chi connectivity index (χ1v) is 7.34. The average Bonchev–Trinajstić information content (AvgIpc) is 2.79. The van der Waals surface area contributed by atoms with Crippen molar-refractivity contribution in [3.63, 3.8) is 0 Å². The smallest absolute Gasteiger partial charge is 0.131 e. The van der Waals surface area contributed by atoms with Gasteiger partial charge in [-0.2, -0.15) is 5.10 Å². The Morgan fingerprint density at radius 2 is 2.11 bits per heavy atom. The first-order valence-electron chi connectivity index (χ1n) is 6.54. The maximum Gasteiger partial charge on any atom is 0.131 e. The molecule has 3 nitrogen and oxygen atoms in total. The maximum atomic E-state index is 6.36. The van der Waals surface area contributed by atoms with Crippen LogP contribution in [0.15, 0.2) is 22.7 Å². The molecule has 4 heteroatoms. The topological polar surface area (TPSA) is 43.8 Å². The molecule has 0 saturated heterocycles. The monoisotopic (exact) mass is 319 g/mol. The van der Waals surface area contributed by atoms with E-state index in [1.807, 2.05) is 10.7 Å². The van der Waals surface area contributed by atoms with Crippen molar-refractivity contribution in [3.8, 4) is 5.69 Å². The van der Waals surface area contributed by atoms with E-state index in [0.717, 1.165) is 34.5 Å². The fraction of sp³-hybridized carbons (Fsp3) is 0.400. The second kappa shape index (κ2) is 4.10. The van der Waals surface area contributed by atoms with Crippen LogP contribution in [-0.4, -0.2) is 9.78 Å². The maximum absolute atomic E-state index is 6.36. The minimum atomic E-state index is 0.140. The van der Waals surface area contributed by atoms with Crippen LogP contribution in [0.4, 0.5) is 5.82 Å². The molecular formula is C15H18BrN3. The highest BCUT2D eigenvalue weighted by atomic mass is 79.9. The molecule has 1 heterocycles. The summed E-state index contributed by atoms with van der Waals surface area (Å²) in [5.74, 6) is 0.794. The summed E-state index contributed by atoms with van der Waals surface area (Å²) in [4.78, 5) is 0. The zero-order valence-electron chi connectivity index (χ0n) is 11.5. The van der Waals surface area contributed by atoms with Crippen molar-refractivity contribution >= 4 is 21.7 Å². The molecule has 0 fully saturated rings. The number of hydrogen-bond donors (Lipinski definition) is 1. The van der Waals surface area contributed by atoms with Gasteiger partial charge >= 0.3 is 0 Å². The first kappa shape index (κ1) is 12.7. The molecule has 1 aliphatic rings. The number of nitrogen functional groups attached to an aromatic ring is 1. The summed E-state index contributed by atoms with van der Waals surface area (Å²) in [6.45, 7) is 6.57. The van der Waals surface area contributed by atoms with Gasteiger partial charge in [-0.05, 0) is 48.9 Å². The van der Waals surface area contributed by atoms with Gasteiger partial charge in [-0.1, -0.05) is 29.8 Å². The second-order valence-corrected chi connectivity index (χ2v) is 6.85. The van der Waals surface area contributed by atoms with Crippen LogP contribution in [0.3, 0.4) is 0 Å². The van der Waals surface area contributed by atoms with E-state index >= 15 is 0 Å². The lowest BCUT2D eigenvalue weighted by Gasteiger charge is -2.19. The van der Waals surface area contributed by atoms with E-state index in [1.165, 1.54) is 11.1 Å². The van der Waals surface area contributed by atoms with Crippen LogP contribution in [0.1, 0.15) is 37.1 Å². The molecule has 2 aromatic rings. The lowest BCUT2D eigenvalue weighted by molar-refractivity contribution is 0.519. The SMILES string of the molecule is Cc1cc(Br)ccc1-n1nc2c(c1N)C(C)(C)CC2. The van der Waals surface area contributed by atoms with Gasteiger partial charge in [0.2, 0.25) is 0 Å². The van der Waals surface area contributed by atoms with Crippen molar-refractivity contribution in [1.82, 2.24) is 9.78 Å². The Morgan fingerprint density at radius 3 is 2.74 bits per heavy atom. The van der Waals surface area contributed by atoms with E-state index in [4.69, 9.17) is 10.8 Å². The van der Waals surface area contributed by atoms with Crippen molar-refractivity contribution in [1.29, 1.82) is 0 Å². The molecule has 0 atom stereocenters. The van der Waals surface area contributed by atoms with Gasteiger partial charge in [0, 0.05) is 10.0 Å². The lowest BCUT2D eigenvalue weighted by Crippen LogP contribution is -2.15. The van der Waals surface area contributed by atoms with Gasteiger partial charge in [0.15, 0.2) is 0 Å². The summed E-state index contributed by atoms with van der Waals surface area (Å²) in [7, 11) is 0. The Labute approximate surface area is 121 Å². The quantitative estimate of drug-likeness (QED) is 0.870. The number of nitrogens with zero attached hydrogens (tertiary/aromatic N) is 2. The third-order valence-corrected chi connectivity index (χ3v) is 4.54. The fourth-order valence-electron chi connectivity index (χ4n) is 2.99. The minimum absolute atomic E-state index is 0.140. The van der Waals surface area contributed by atoms with Crippen LogP contribution < -0.4 is 5.73 Å². The third-order valence-electron chi connectivity index (χ3n) is 4.04. The first-order chi connectivity index (χ1) is 8.90. The van der Waals surface area contributed by atoms with E-state index in [1.54, 1.807) is 0 Å². The molecule has 0 unspecified atom stereocenters. The highest BCUT2D eigenvalue weighted by Crippen LogP contribution is 2.42. The Morgan fingerprint density at radius 1 is 1.37 bits per heavy atom. The Balaban J connectivity index is 2.18. The molecule has 0 aliphatic heterocycles. The van der Waals surface area contributed by atoms with Gasteiger partial charge < -0.3 is 5.73 Å². The van der Waals surface area contributed by atoms with Crippen LogP contribution in [-0.2, 0) is 11.8 Å².